The molecule has 1 saturated heterocycles. The van der Waals surface area contributed by atoms with Crippen molar-refractivity contribution >= 4 is 55.1 Å². The lowest BCUT2D eigenvalue weighted by Crippen LogP contribution is -2.43. The number of hydrogen-bond acceptors (Lipinski definition) is 11. The SMILES string of the molecule is O=C(CNC(=O)C(c1nc2cc(F)c(-c3ccc(NC(=O)OCc4ccccc4)nc3)cc2s1)S(=O)(=O)CCN1CCOCC1)NC1CC1. The Balaban J connectivity index is 1.19. The molecule has 6 rings (SSSR count). The molecule has 2 aliphatic rings. The molecular weight excluding hydrogens is 676 g/mol. The second-order valence-electron chi connectivity index (χ2n) is 11.7. The smallest absolute Gasteiger partial charge is 0.413 e. The van der Waals surface area contributed by atoms with Gasteiger partial charge in [-0.15, -0.1) is 11.3 Å². The Morgan fingerprint density at radius 2 is 1.86 bits per heavy atom. The second kappa shape index (κ2) is 15.4. The highest BCUT2D eigenvalue weighted by molar-refractivity contribution is 7.92. The molecule has 1 unspecified atom stereocenters. The number of hydrogen-bond donors (Lipinski definition) is 3. The summed E-state index contributed by atoms with van der Waals surface area (Å²) in [6, 6.07) is 15.0. The third kappa shape index (κ3) is 9.14. The van der Waals surface area contributed by atoms with Crippen LogP contribution < -0.4 is 16.0 Å². The lowest BCUT2D eigenvalue weighted by molar-refractivity contribution is -0.126. The van der Waals surface area contributed by atoms with Crippen LogP contribution in [0.1, 0.15) is 28.7 Å². The summed E-state index contributed by atoms with van der Waals surface area (Å²) in [5.74, 6) is -2.04. The van der Waals surface area contributed by atoms with Crippen molar-refractivity contribution in [2.75, 3.05) is 50.5 Å². The van der Waals surface area contributed by atoms with Crippen LogP contribution in [0.15, 0.2) is 60.8 Å². The maximum absolute atomic E-state index is 15.4. The Hall–Kier alpha value is -4.51. The molecule has 1 aliphatic carbocycles. The van der Waals surface area contributed by atoms with Crippen LogP contribution >= 0.6 is 11.3 Å². The third-order valence-corrected chi connectivity index (χ3v) is 11.1. The minimum atomic E-state index is -4.11. The average molecular weight is 711 g/mol. The fourth-order valence-electron chi connectivity index (χ4n) is 5.18. The van der Waals surface area contributed by atoms with E-state index in [2.05, 4.69) is 25.9 Å². The molecule has 258 valence electrons. The van der Waals surface area contributed by atoms with E-state index >= 15 is 4.39 Å². The first kappa shape index (κ1) is 34.4. The first-order valence-corrected chi connectivity index (χ1v) is 18.3. The van der Waals surface area contributed by atoms with Gasteiger partial charge < -0.3 is 20.1 Å². The van der Waals surface area contributed by atoms with E-state index in [1.54, 1.807) is 6.07 Å². The molecule has 13 nitrogen and oxygen atoms in total. The molecule has 1 saturated carbocycles. The number of amides is 3. The topological polar surface area (TPSA) is 169 Å². The number of nitrogens with zero attached hydrogens (tertiary/aromatic N) is 3. The number of morpholine rings is 1. The van der Waals surface area contributed by atoms with Crippen LogP contribution in [-0.2, 0) is 35.5 Å². The Morgan fingerprint density at radius 3 is 2.57 bits per heavy atom. The average Bonchev–Trinajstić information content (AvgIpc) is 3.83. The number of halogens is 1. The molecule has 3 heterocycles. The first-order chi connectivity index (χ1) is 23.6. The number of benzene rings is 2. The number of fused-ring (bicyclic) bond motifs is 1. The Kier molecular flexibility index (Phi) is 10.8. The van der Waals surface area contributed by atoms with Gasteiger partial charge in [0.25, 0.3) is 0 Å². The molecule has 1 aliphatic heterocycles. The minimum absolute atomic E-state index is 0.0275. The Morgan fingerprint density at radius 1 is 1.08 bits per heavy atom. The van der Waals surface area contributed by atoms with Crippen molar-refractivity contribution in [1.82, 2.24) is 25.5 Å². The standard InChI is InChI=1S/C33H35FN6O7S2/c34-25-17-26-27(16-24(25)22-6-9-28(35-18-22)39-33(43)47-20-21-4-2-1-3-5-21)48-32(38-26)30(31(42)36-19-29(41)37-23-7-8-23)49(44,45)15-12-40-10-13-46-14-11-40/h1-6,9,16-18,23,30H,7-8,10-15,19-20H2,(H,36,42)(H,37,41)(H,35,39,43). The highest BCUT2D eigenvalue weighted by atomic mass is 32.2. The monoisotopic (exact) mass is 710 g/mol. The number of rotatable bonds is 13. The number of nitrogens with one attached hydrogen (secondary N) is 3. The maximum atomic E-state index is 15.4. The van der Waals surface area contributed by atoms with E-state index in [4.69, 9.17) is 9.47 Å². The molecule has 2 aromatic carbocycles. The fraction of sp³-hybridized carbons (Fsp3) is 0.364. The van der Waals surface area contributed by atoms with Gasteiger partial charge in [0, 0.05) is 49.1 Å². The van der Waals surface area contributed by atoms with Gasteiger partial charge in [0.1, 0.15) is 23.2 Å². The lowest BCUT2D eigenvalue weighted by Gasteiger charge is -2.27. The molecule has 3 N–H and O–H groups in total. The maximum Gasteiger partial charge on any atom is 0.413 e. The molecule has 16 heteroatoms. The highest BCUT2D eigenvalue weighted by Gasteiger charge is 2.38. The first-order valence-electron chi connectivity index (χ1n) is 15.8. The summed E-state index contributed by atoms with van der Waals surface area (Å²) in [5.41, 5.74) is 1.57. The van der Waals surface area contributed by atoms with Crippen molar-refractivity contribution in [2.45, 2.75) is 30.7 Å². The summed E-state index contributed by atoms with van der Waals surface area (Å²) in [6.07, 6.45) is 2.42. The zero-order valence-electron chi connectivity index (χ0n) is 26.4. The van der Waals surface area contributed by atoms with E-state index in [0.29, 0.717) is 36.6 Å². The van der Waals surface area contributed by atoms with Gasteiger partial charge in [-0.2, -0.15) is 0 Å². The van der Waals surface area contributed by atoms with E-state index in [1.807, 2.05) is 35.2 Å². The van der Waals surface area contributed by atoms with Crippen LogP contribution in [0, 0.1) is 5.82 Å². The summed E-state index contributed by atoms with van der Waals surface area (Å²) < 4.78 is 53.9. The highest BCUT2D eigenvalue weighted by Crippen LogP contribution is 2.35. The van der Waals surface area contributed by atoms with Gasteiger partial charge in [-0.05, 0) is 36.6 Å². The van der Waals surface area contributed by atoms with Crippen molar-refractivity contribution in [2.24, 2.45) is 0 Å². The molecular formula is C33H35FN6O7S2. The second-order valence-corrected chi connectivity index (χ2v) is 15.0. The van der Waals surface area contributed by atoms with E-state index in [1.165, 1.54) is 24.4 Å². The van der Waals surface area contributed by atoms with Crippen LogP contribution in [0.25, 0.3) is 21.3 Å². The van der Waals surface area contributed by atoms with Gasteiger partial charge in [0.05, 0.1) is 35.7 Å². The lowest BCUT2D eigenvalue weighted by atomic mass is 10.1. The van der Waals surface area contributed by atoms with Crippen LogP contribution in [-0.4, -0.2) is 92.4 Å². The number of carbonyl (C=O) groups excluding carboxylic acids is 3. The molecule has 49 heavy (non-hydrogen) atoms. The van der Waals surface area contributed by atoms with E-state index in [9.17, 15) is 22.8 Å². The van der Waals surface area contributed by atoms with E-state index < -0.39 is 38.8 Å². The third-order valence-electron chi connectivity index (χ3n) is 7.99. The zero-order valence-corrected chi connectivity index (χ0v) is 28.0. The largest absolute Gasteiger partial charge is 0.444 e. The van der Waals surface area contributed by atoms with E-state index in [0.717, 1.165) is 29.7 Å². The molecule has 3 amide bonds. The predicted molar refractivity (Wildman–Crippen MR) is 181 cm³/mol. The number of anilines is 1. The number of thiazole rings is 1. The minimum Gasteiger partial charge on any atom is -0.444 e. The quantitative estimate of drug-likeness (QED) is 0.187. The zero-order chi connectivity index (χ0) is 34.4. The number of carbonyl (C=O) groups is 3. The molecule has 2 fully saturated rings. The summed E-state index contributed by atoms with van der Waals surface area (Å²) >= 11 is 0.964. The summed E-state index contributed by atoms with van der Waals surface area (Å²) in [4.78, 5) is 48.5. The fourth-order valence-corrected chi connectivity index (χ4v) is 8.26. The van der Waals surface area contributed by atoms with Crippen LogP contribution in [0.2, 0.25) is 0 Å². The number of pyridine rings is 1. The number of ether oxygens (including phenoxy) is 2. The molecule has 0 radical (unpaired) electrons. The van der Waals surface area contributed by atoms with Crippen LogP contribution in [0.5, 0.6) is 0 Å². The number of aromatic nitrogens is 2. The van der Waals surface area contributed by atoms with Crippen molar-refractivity contribution < 1.29 is 36.7 Å². The van der Waals surface area contributed by atoms with Crippen molar-refractivity contribution in [3.05, 3.63) is 77.2 Å². The van der Waals surface area contributed by atoms with Gasteiger partial charge in [-0.25, -0.2) is 27.6 Å². The van der Waals surface area contributed by atoms with Gasteiger partial charge in [-0.1, -0.05) is 30.3 Å². The Labute approximate surface area is 286 Å². The summed E-state index contributed by atoms with van der Waals surface area (Å²) in [7, 11) is -4.11. The molecule has 0 spiro atoms. The molecule has 1 atom stereocenters. The Bertz CT molecular complexity index is 1910. The van der Waals surface area contributed by atoms with Crippen LogP contribution in [0.4, 0.5) is 15.0 Å². The van der Waals surface area contributed by atoms with Crippen molar-refractivity contribution in [1.29, 1.82) is 0 Å². The predicted octanol–water partition coefficient (Wildman–Crippen LogP) is 3.43. The molecule has 2 aromatic heterocycles. The van der Waals surface area contributed by atoms with Crippen molar-refractivity contribution in [3.8, 4) is 11.1 Å². The molecule has 4 aromatic rings. The van der Waals surface area contributed by atoms with Gasteiger partial charge in [0.15, 0.2) is 15.1 Å². The normalized spacial score (nSPS) is 15.8. The molecule has 0 bridgehead atoms. The van der Waals surface area contributed by atoms with E-state index in [-0.39, 0.29) is 53.4 Å². The van der Waals surface area contributed by atoms with Crippen LogP contribution in [0.3, 0.4) is 0 Å². The number of sulfone groups is 1. The summed E-state index contributed by atoms with van der Waals surface area (Å²) in [6.45, 7) is 2.02. The summed E-state index contributed by atoms with van der Waals surface area (Å²) in [5, 5.41) is 6.04. The van der Waals surface area contributed by atoms with Crippen molar-refractivity contribution in [3.63, 3.8) is 0 Å². The van der Waals surface area contributed by atoms with Gasteiger partial charge >= 0.3 is 6.09 Å². The van der Waals surface area contributed by atoms with Gasteiger partial charge in [0.2, 0.25) is 11.8 Å². The van der Waals surface area contributed by atoms with Gasteiger partial charge in [-0.3, -0.25) is 19.8 Å².